The van der Waals surface area contributed by atoms with Crippen LogP contribution in [0.4, 0.5) is 10.2 Å². The zero-order chi connectivity index (χ0) is 20.3. The Morgan fingerprint density at radius 3 is 2.75 bits per heavy atom. The first kappa shape index (κ1) is 20.1. The number of anilines is 1. The van der Waals surface area contributed by atoms with Gasteiger partial charge in [0.2, 0.25) is 0 Å². The van der Waals surface area contributed by atoms with Crippen molar-refractivity contribution in [3.05, 3.63) is 59.3 Å². The molecule has 3 rings (SSSR count). The first-order chi connectivity index (χ1) is 13.4. The molecule has 0 aliphatic rings. The van der Waals surface area contributed by atoms with Gasteiger partial charge in [-0.15, -0.1) is 0 Å². The molecule has 3 aromatic rings. The van der Waals surface area contributed by atoms with Gasteiger partial charge < -0.3 is 15.2 Å². The van der Waals surface area contributed by atoms with E-state index in [-0.39, 0.29) is 17.9 Å². The number of nitrogens with zero attached hydrogens (tertiary/aromatic N) is 3. The van der Waals surface area contributed by atoms with E-state index in [1.54, 1.807) is 30.1 Å². The highest BCUT2D eigenvalue weighted by Gasteiger charge is 2.16. The Hall–Kier alpha value is -2.64. The van der Waals surface area contributed by atoms with Crippen molar-refractivity contribution in [1.29, 1.82) is 0 Å². The number of hydrogen-bond donors (Lipinski definition) is 1. The lowest BCUT2D eigenvalue weighted by molar-refractivity contribution is 0.0160. The summed E-state index contributed by atoms with van der Waals surface area (Å²) in [5, 5.41) is 4.74. The first-order valence-electron chi connectivity index (χ1n) is 8.92. The van der Waals surface area contributed by atoms with Crippen LogP contribution < -0.4 is 10.5 Å². The number of rotatable bonds is 7. The Balaban J connectivity index is 1.85. The molecule has 0 radical (unpaired) electrons. The summed E-state index contributed by atoms with van der Waals surface area (Å²) in [6.07, 6.45) is 4.55. The molecule has 0 aliphatic carbocycles. The molecule has 0 spiro atoms. The third-order valence-electron chi connectivity index (χ3n) is 4.30. The van der Waals surface area contributed by atoms with Gasteiger partial charge in [0.25, 0.3) is 0 Å². The summed E-state index contributed by atoms with van der Waals surface area (Å²) in [7, 11) is 0. The van der Waals surface area contributed by atoms with Crippen LogP contribution in [0.25, 0.3) is 11.1 Å². The summed E-state index contributed by atoms with van der Waals surface area (Å²) in [4.78, 5) is 4.21. The minimum absolute atomic E-state index is 0.175. The smallest absolute Gasteiger partial charge is 0.166 e. The van der Waals surface area contributed by atoms with Gasteiger partial charge in [0, 0.05) is 40.7 Å². The molecule has 28 heavy (non-hydrogen) atoms. The Morgan fingerprint density at radius 2 is 2.00 bits per heavy atom. The number of nitrogen functional groups attached to an aromatic ring is 1. The zero-order valence-electron chi connectivity index (χ0n) is 15.9. The van der Waals surface area contributed by atoms with Crippen LogP contribution in [0.3, 0.4) is 0 Å². The van der Waals surface area contributed by atoms with Crippen molar-refractivity contribution in [2.24, 2.45) is 0 Å². The molecule has 0 bridgehead atoms. The summed E-state index contributed by atoms with van der Waals surface area (Å²) < 4.78 is 26.8. The van der Waals surface area contributed by atoms with E-state index >= 15 is 0 Å². The van der Waals surface area contributed by atoms with Crippen LogP contribution in [0, 0.1) is 5.82 Å². The molecular weight excluding hydrogens is 383 g/mol. The van der Waals surface area contributed by atoms with Gasteiger partial charge in [-0.2, -0.15) is 5.10 Å². The largest absolute Gasteiger partial charge is 0.482 e. The van der Waals surface area contributed by atoms with Crippen LogP contribution in [0.2, 0.25) is 5.02 Å². The number of hydrogen-bond acceptors (Lipinski definition) is 5. The van der Waals surface area contributed by atoms with Gasteiger partial charge >= 0.3 is 0 Å². The van der Waals surface area contributed by atoms with Gasteiger partial charge in [-0.25, -0.2) is 14.1 Å². The van der Waals surface area contributed by atoms with E-state index in [9.17, 15) is 4.39 Å². The number of ether oxygens (including phenoxy) is 2. The normalized spacial score (nSPS) is 13.3. The van der Waals surface area contributed by atoms with E-state index in [1.165, 1.54) is 18.2 Å². The maximum atomic E-state index is 13.6. The standard InChI is InChI=1S/C20H22ClFN4O2/c1-4-27-13(3)26-11-15(10-25-26)14-7-19(20(23)24-9-14)28-12(2)17-8-16(22)5-6-18(17)21/h5-13H,4H2,1-3H3,(H2,23,24). The topological polar surface area (TPSA) is 75.2 Å². The van der Waals surface area contributed by atoms with Crippen LogP contribution in [0.15, 0.2) is 42.9 Å². The number of benzene rings is 1. The van der Waals surface area contributed by atoms with Gasteiger partial charge in [0.1, 0.15) is 18.1 Å². The predicted octanol–water partition coefficient (Wildman–Crippen LogP) is 5.01. The van der Waals surface area contributed by atoms with Crippen LogP contribution in [0.5, 0.6) is 5.75 Å². The molecule has 6 nitrogen and oxygen atoms in total. The molecule has 0 saturated carbocycles. The molecule has 8 heteroatoms. The van der Waals surface area contributed by atoms with Crippen LogP contribution in [0.1, 0.15) is 38.7 Å². The molecule has 2 N–H and O–H groups in total. The Labute approximate surface area is 168 Å². The molecule has 2 heterocycles. The zero-order valence-corrected chi connectivity index (χ0v) is 16.7. The van der Waals surface area contributed by atoms with Gasteiger partial charge in [-0.1, -0.05) is 11.6 Å². The molecule has 2 aromatic heterocycles. The summed E-state index contributed by atoms with van der Waals surface area (Å²) >= 11 is 6.17. The predicted molar refractivity (Wildman–Crippen MR) is 107 cm³/mol. The minimum Gasteiger partial charge on any atom is -0.482 e. The van der Waals surface area contributed by atoms with Crippen molar-refractivity contribution in [3.8, 4) is 16.9 Å². The van der Waals surface area contributed by atoms with E-state index in [0.717, 1.165) is 11.1 Å². The van der Waals surface area contributed by atoms with E-state index < -0.39 is 6.10 Å². The van der Waals surface area contributed by atoms with Crippen molar-refractivity contribution in [2.75, 3.05) is 12.3 Å². The van der Waals surface area contributed by atoms with E-state index in [4.69, 9.17) is 26.8 Å². The molecule has 1 aromatic carbocycles. The molecule has 0 aliphatic heterocycles. The fraction of sp³-hybridized carbons (Fsp3) is 0.300. The number of halogens is 2. The minimum atomic E-state index is -0.511. The highest BCUT2D eigenvalue weighted by Crippen LogP contribution is 2.33. The lowest BCUT2D eigenvalue weighted by Crippen LogP contribution is -2.09. The summed E-state index contributed by atoms with van der Waals surface area (Å²) in [5.41, 5.74) is 8.14. The highest BCUT2D eigenvalue weighted by atomic mass is 35.5. The number of pyridine rings is 1. The van der Waals surface area contributed by atoms with Crippen molar-refractivity contribution >= 4 is 17.4 Å². The number of aromatic nitrogens is 3. The van der Waals surface area contributed by atoms with Gasteiger partial charge in [0.05, 0.1) is 6.20 Å². The van der Waals surface area contributed by atoms with E-state index in [1.807, 2.05) is 20.0 Å². The Kier molecular flexibility index (Phi) is 6.16. The van der Waals surface area contributed by atoms with Crippen LogP contribution in [-0.4, -0.2) is 21.4 Å². The summed E-state index contributed by atoms with van der Waals surface area (Å²) in [5.74, 6) is 0.236. The maximum Gasteiger partial charge on any atom is 0.166 e. The van der Waals surface area contributed by atoms with Crippen LogP contribution in [-0.2, 0) is 4.74 Å². The van der Waals surface area contributed by atoms with Crippen LogP contribution >= 0.6 is 11.6 Å². The van der Waals surface area contributed by atoms with E-state index in [0.29, 0.717) is 22.9 Å². The van der Waals surface area contributed by atoms with Crippen molar-refractivity contribution in [3.63, 3.8) is 0 Å². The van der Waals surface area contributed by atoms with Gasteiger partial charge in [-0.05, 0) is 45.0 Å². The third-order valence-corrected chi connectivity index (χ3v) is 4.64. The fourth-order valence-corrected chi connectivity index (χ4v) is 3.06. The lowest BCUT2D eigenvalue weighted by Gasteiger charge is -2.18. The molecule has 0 amide bonds. The molecule has 2 atom stereocenters. The average molecular weight is 405 g/mol. The Bertz CT molecular complexity index is 963. The number of nitrogens with two attached hydrogens (primary N) is 1. The van der Waals surface area contributed by atoms with Gasteiger partial charge in [0.15, 0.2) is 11.6 Å². The maximum absolute atomic E-state index is 13.6. The van der Waals surface area contributed by atoms with Crippen molar-refractivity contribution in [2.45, 2.75) is 33.1 Å². The fourth-order valence-electron chi connectivity index (χ4n) is 2.79. The summed E-state index contributed by atoms with van der Waals surface area (Å²) in [6, 6.07) is 5.92. The van der Waals surface area contributed by atoms with E-state index in [2.05, 4.69) is 10.1 Å². The Morgan fingerprint density at radius 1 is 1.21 bits per heavy atom. The molecule has 0 saturated heterocycles. The molecule has 0 fully saturated rings. The first-order valence-corrected chi connectivity index (χ1v) is 9.30. The lowest BCUT2D eigenvalue weighted by atomic mass is 10.1. The monoisotopic (exact) mass is 404 g/mol. The second-order valence-electron chi connectivity index (χ2n) is 6.30. The molecule has 148 valence electrons. The third kappa shape index (κ3) is 4.43. The SMILES string of the molecule is CCOC(C)n1cc(-c2cnc(N)c(OC(C)c3cc(F)ccc3Cl)c2)cn1. The van der Waals surface area contributed by atoms with Gasteiger partial charge in [-0.3, -0.25) is 0 Å². The van der Waals surface area contributed by atoms with Crippen molar-refractivity contribution in [1.82, 2.24) is 14.8 Å². The second kappa shape index (κ2) is 8.58. The molecular formula is C20H22ClFN4O2. The average Bonchev–Trinajstić information content (AvgIpc) is 3.16. The van der Waals surface area contributed by atoms with Crippen molar-refractivity contribution < 1.29 is 13.9 Å². The summed E-state index contributed by atoms with van der Waals surface area (Å²) in [6.45, 7) is 6.22. The quantitative estimate of drug-likeness (QED) is 0.598. The second-order valence-corrected chi connectivity index (χ2v) is 6.70. The highest BCUT2D eigenvalue weighted by molar-refractivity contribution is 6.31. The molecule has 2 unspecified atom stereocenters.